The number of aromatic nitrogens is 1. The van der Waals surface area contributed by atoms with Gasteiger partial charge in [-0.25, -0.2) is 4.98 Å². The van der Waals surface area contributed by atoms with E-state index in [0.717, 1.165) is 46.6 Å². The van der Waals surface area contributed by atoms with Crippen LogP contribution in [0.4, 0.5) is 5.69 Å². The van der Waals surface area contributed by atoms with Crippen LogP contribution in [0, 0.1) is 34.5 Å². The largest absolute Gasteiger partial charge is 0.489 e. The van der Waals surface area contributed by atoms with E-state index in [0.29, 0.717) is 35.1 Å². The van der Waals surface area contributed by atoms with Gasteiger partial charge in [-0.05, 0) is 79.1 Å². The van der Waals surface area contributed by atoms with Crippen molar-refractivity contribution in [2.75, 3.05) is 31.6 Å². The van der Waals surface area contributed by atoms with Gasteiger partial charge < -0.3 is 40.7 Å². The van der Waals surface area contributed by atoms with Gasteiger partial charge in [-0.1, -0.05) is 84.3 Å². The molecule has 358 valence electrons. The van der Waals surface area contributed by atoms with Crippen molar-refractivity contribution in [1.82, 2.24) is 25.8 Å². The molecule has 2 heterocycles. The second-order valence-electron chi connectivity index (χ2n) is 19.9. The Hall–Kier alpha value is -5.53. The number of carbonyl (C=O) groups excluding carboxylic acids is 4. The van der Waals surface area contributed by atoms with Gasteiger partial charge >= 0.3 is 0 Å². The molecular weight excluding hydrogens is 890 g/mol. The summed E-state index contributed by atoms with van der Waals surface area (Å²) in [5.74, 6) is -0.814. The highest BCUT2D eigenvalue weighted by Gasteiger charge is 2.64. The van der Waals surface area contributed by atoms with Gasteiger partial charge in [-0.2, -0.15) is 5.26 Å². The second-order valence-corrected chi connectivity index (χ2v) is 21.1. The highest BCUT2D eigenvalue weighted by molar-refractivity contribution is 7.13. The first-order chi connectivity index (χ1) is 31.7. The van der Waals surface area contributed by atoms with E-state index in [1.807, 2.05) is 69.6 Å². The number of β-amino-alcohol motifs (C(OH)–C–C–N with tert-alkyl or cyclic N) is 1. The van der Waals surface area contributed by atoms with Crippen molar-refractivity contribution in [3.8, 4) is 22.3 Å². The summed E-state index contributed by atoms with van der Waals surface area (Å²) in [6, 6.07) is 20.4. The second kappa shape index (κ2) is 21.6. The average molecular weight is 955 g/mol. The third-order valence-electron chi connectivity index (χ3n) is 12.8. The zero-order valence-electron chi connectivity index (χ0n) is 39.7. The number of aryl methyl sites for hydroxylation is 1. The normalized spacial score (nSPS) is 19.9. The van der Waals surface area contributed by atoms with E-state index < -0.39 is 35.4 Å². The molecular formula is C51H64ClN7O7S. The number of nitrogens with zero attached hydrogens (tertiary/aromatic N) is 3. The van der Waals surface area contributed by atoms with Gasteiger partial charge in [0.2, 0.25) is 17.7 Å². The number of hydrogen-bond acceptors (Lipinski definition) is 11. The van der Waals surface area contributed by atoms with E-state index in [1.54, 1.807) is 41.7 Å². The number of halogens is 1. The van der Waals surface area contributed by atoms with Gasteiger partial charge in [-0.3, -0.25) is 19.2 Å². The summed E-state index contributed by atoms with van der Waals surface area (Å²) in [6.07, 6.45) is 1.48. The summed E-state index contributed by atoms with van der Waals surface area (Å²) in [7, 11) is 0. The number of benzene rings is 3. The molecule has 4 amide bonds. The summed E-state index contributed by atoms with van der Waals surface area (Å²) in [5.41, 5.74) is 5.12. The molecule has 0 bridgehead atoms. The van der Waals surface area contributed by atoms with Crippen LogP contribution in [0.25, 0.3) is 10.4 Å². The zero-order valence-corrected chi connectivity index (χ0v) is 41.3. The molecule has 14 nitrogen and oxygen atoms in total. The molecule has 1 saturated heterocycles. The maximum atomic E-state index is 14.0. The van der Waals surface area contributed by atoms with Crippen molar-refractivity contribution in [2.24, 2.45) is 16.2 Å². The van der Waals surface area contributed by atoms with Gasteiger partial charge in [0, 0.05) is 66.9 Å². The highest BCUT2D eigenvalue weighted by Crippen LogP contribution is 2.55. The van der Waals surface area contributed by atoms with Crippen LogP contribution < -0.4 is 26.0 Å². The molecule has 0 unspecified atom stereocenters. The summed E-state index contributed by atoms with van der Waals surface area (Å²) < 4.78 is 12.0. The number of ether oxygens (including phenoxy) is 2. The van der Waals surface area contributed by atoms with E-state index in [2.05, 4.69) is 60.0 Å². The number of anilines is 1. The lowest BCUT2D eigenvalue weighted by Gasteiger charge is -2.63. The van der Waals surface area contributed by atoms with E-state index in [9.17, 15) is 29.5 Å². The Labute approximate surface area is 403 Å². The molecule has 5 N–H and O–H groups in total. The Kier molecular flexibility index (Phi) is 16.4. The highest BCUT2D eigenvalue weighted by atomic mass is 35.5. The third-order valence-corrected chi connectivity index (χ3v) is 14.1. The first kappa shape index (κ1) is 50.9. The smallest absolute Gasteiger partial charge is 0.251 e. The molecule has 1 aromatic heterocycles. The molecule has 3 atom stereocenters. The summed E-state index contributed by atoms with van der Waals surface area (Å²) >= 11 is 7.81. The maximum Gasteiger partial charge on any atom is 0.251 e. The van der Waals surface area contributed by atoms with Crippen molar-refractivity contribution in [3.63, 3.8) is 0 Å². The average Bonchev–Trinajstić information content (AvgIpc) is 3.91. The van der Waals surface area contributed by atoms with E-state index >= 15 is 0 Å². The van der Waals surface area contributed by atoms with Gasteiger partial charge in [0.15, 0.2) is 0 Å². The topological polar surface area (TPSA) is 195 Å². The van der Waals surface area contributed by atoms with Crippen LogP contribution >= 0.6 is 22.9 Å². The van der Waals surface area contributed by atoms with E-state index in [1.165, 1.54) is 4.90 Å². The predicted octanol–water partition coefficient (Wildman–Crippen LogP) is 7.66. The quantitative estimate of drug-likeness (QED) is 0.0583. The summed E-state index contributed by atoms with van der Waals surface area (Å²) in [4.78, 5) is 60.6. The summed E-state index contributed by atoms with van der Waals surface area (Å²) in [6.45, 7) is 16.9. The van der Waals surface area contributed by atoms with Crippen LogP contribution in [0.2, 0.25) is 5.02 Å². The molecule has 1 aliphatic carbocycles. The number of unbranched alkanes of at least 4 members (excludes halogenated alkanes) is 2. The van der Waals surface area contributed by atoms with Crippen LogP contribution in [0.5, 0.6) is 5.75 Å². The van der Waals surface area contributed by atoms with Crippen molar-refractivity contribution in [2.45, 2.75) is 118 Å². The fraction of sp³-hybridized carbons (Fsp3) is 0.490. The van der Waals surface area contributed by atoms with Gasteiger partial charge in [0.05, 0.1) is 32.8 Å². The molecule has 1 aliphatic heterocycles. The minimum Gasteiger partial charge on any atom is -0.489 e. The fourth-order valence-electron chi connectivity index (χ4n) is 9.44. The standard InChI is InChI=1S/C51H64ClN7O7S/c1-31-42(67-30-56-31)33-14-12-32(13-15-33)27-55-45(63)40-24-37(60)28-59(40)46(64)43(49(2,3)4)57-41(61)29-65-23-11-9-10-22-54-36-19-16-34(17-20-36)44(62)58-47-50(5,6)48(51(47,7)8)66-38-21-18-35(26-53)39(52)25-38/h12-21,25,30,37,40,43,47-48,54,60H,9-11,22-24,27-29H2,1-8H3,(H,55,63)(H,57,61)(H,58,62)/t37-,40+,43-,47?,48?/m1/s1. The number of carbonyl (C=O) groups is 4. The van der Waals surface area contributed by atoms with Crippen molar-refractivity contribution >= 4 is 52.3 Å². The van der Waals surface area contributed by atoms with Crippen LogP contribution in [0.15, 0.2) is 72.2 Å². The van der Waals surface area contributed by atoms with E-state index in [4.69, 9.17) is 21.1 Å². The molecule has 4 aromatic rings. The number of hydrogen-bond donors (Lipinski definition) is 5. The Bertz CT molecular complexity index is 2410. The summed E-state index contributed by atoms with van der Waals surface area (Å²) in [5, 5.41) is 32.5. The Balaban J connectivity index is 0.878. The molecule has 0 spiro atoms. The number of nitrogens with one attached hydrogen (secondary N) is 4. The Morgan fingerprint density at radius 1 is 1.00 bits per heavy atom. The Morgan fingerprint density at radius 3 is 2.33 bits per heavy atom. The maximum absolute atomic E-state index is 14.0. The molecule has 3 aromatic carbocycles. The number of thiazole rings is 1. The lowest BCUT2D eigenvalue weighted by molar-refractivity contribution is -0.164. The fourth-order valence-corrected chi connectivity index (χ4v) is 10.5. The van der Waals surface area contributed by atoms with Crippen molar-refractivity contribution in [3.05, 3.63) is 99.6 Å². The number of likely N-dealkylation sites (tertiary alicyclic amines) is 1. The van der Waals surface area contributed by atoms with Crippen molar-refractivity contribution in [1.29, 1.82) is 5.26 Å². The minimum atomic E-state index is -0.945. The SMILES string of the molecule is Cc1ncsc1-c1ccc(CNC(=O)[C@@H]2C[C@@H](O)CN2C(=O)[C@@H](NC(=O)COCCCCCNc2ccc(C(=O)NC3C(C)(C)C(Oc4ccc(C#N)c(Cl)c4)C3(C)C)cc2)C(C)(C)C)cc1. The number of aliphatic hydroxyl groups excluding tert-OH is 1. The zero-order chi connectivity index (χ0) is 48.7. The first-order valence-electron chi connectivity index (χ1n) is 22.8. The lowest BCUT2D eigenvalue weighted by Crippen LogP contribution is -2.74. The number of rotatable bonds is 19. The van der Waals surface area contributed by atoms with Gasteiger partial charge in [-0.15, -0.1) is 11.3 Å². The van der Waals surface area contributed by atoms with Gasteiger partial charge in [0.1, 0.15) is 36.6 Å². The monoisotopic (exact) mass is 953 g/mol. The molecule has 67 heavy (non-hydrogen) atoms. The van der Waals surface area contributed by atoms with Gasteiger partial charge in [0.25, 0.3) is 5.91 Å². The molecule has 2 aliphatic rings. The number of aliphatic hydroxyl groups is 1. The van der Waals surface area contributed by atoms with Crippen LogP contribution in [0.1, 0.15) is 101 Å². The third kappa shape index (κ3) is 12.3. The van der Waals surface area contributed by atoms with Crippen LogP contribution in [-0.2, 0) is 25.7 Å². The Morgan fingerprint density at radius 2 is 1.70 bits per heavy atom. The number of amides is 4. The van der Waals surface area contributed by atoms with Crippen LogP contribution in [-0.4, -0.2) is 95.3 Å². The van der Waals surface area contributed by atoms with Crippen molar-refractivity contribution < 1.29 is 33.8 Å². The predicted molar refractivity (Wildman–Crippen MR) is 261 cm³/mol. The lowest BCUT2D eigenvalue weighted by atomic mass is 9.49. The number of nitriles is 1. The molecule has 1 saturated carbocycles. The molecule has 16 heteroatoms. The minimum absolute atomic E-state index is 0.00791. The van der Waals surface area contributed by atoms with E-state index in [-0.39, 0.29) is 60.9 Å². The first-order valence-corrected chi connectivity index (χ1v) is 24.1. The van der Waals surface area contributed by atoms with Crippen LogP contribution in [0.3, 0.4) is 0 Å². The molecule has 6 rings (SSSR count). The molecule has 0 radical (unpaired) electrons. The molecule has 2 fully saturated rings.